The maximum absolute atomic E-state index is 11.8. The van der Waals surface area contributed by atoms with Crippen molar-refractivity contribution in [2.24, 2.45) is 11.8 Å². The second kappa shape index (κ2) is 6.11. The first-order chi connectivity index (χ1) is 7.19. The maximum Gasteiger partial charge on any atom is 0.223 e. The standard InChI is InChI=1S/C12H24N2O/c1-4-10(5-2)12(15)14-9(3)11-6-7-13-8-11/h9-11,13H,4-8H2,1-3H3,(H,14,15). The lowest BCUT2D eigenvalue weighted by Gasteiger charge is -2.22. The van der Waals surface area contributed by atoms with Crippen LogP contribution in [0.2, 0.25) is 0 Å². The molecule has 1 rings (SSSR count). The number of hydrogen-bond donors (Lipinski definition) is 2. The first kappa shape index (κ1) is 12.5. The molecule has 1 heterocycles. The summed E-state index contributed by atoms with van der Waals surface area (Å²) in [5, 5.41) is 6.48. The first-order valence-corrected chi connectivity index (χ1v) is 6.20. The van der Waals surface area contributed by atoms with Crippen LogP contribution in [0.3, 0.4) is 0 Å². The molecule has 1 amide bonds. The molecule has 88 valence electrons. The van der Waals surface area contributed by atoms with Gasteiger partial charge in [0.25, 0.3) is 0 Å². The predicted molar refractivity (Wildman–Crippen MR) is 62.7 cm³/mol. The van der Waals surface area contributed by atoms with E-state index in [0.29, 0.717) is 12.0 Å². The molecule has 0 aliphatic carbocycles. The average Bonchev–Trinajstić information content (AvgIpc) is 2.72. The van der Waals surface area contributed by atoms with Gasteiger partial charge in [-0.3, -0.25) is 4.79 Å². The normalized spacial score (nSPS) is 23.1. The Balaban J connectivity index is 2.35. The molecule has 0 aromatic rings. The van der Waals surface area contributed by atoms with Crippen LogP contribution in [0.1, 0.15) is 40.0 Å². The van der Waals surface area contributed by atoms with E-state index in [9.17, 15) is 4.79 Å². The van der Waals surface area contributed by atoms with E-state index in [-0.39, 0.29) is 11.8 Å². The van der Waals surface area contributed by atoms with Gasteiger partial charge in [-0.1, -0.05) is 13.8 Å². The van der Waals surface area contributed by atoms with Gasteiger partial charge in [-0.15, -0.1) is 0 Å². The zero-order valence-corrected chi connectivity index (χ0v) is 10.2. The van der Waals surface area contributed by atoms with E-state index in [0.717, 1.165) is 25.9 Å². The Kier molecular flexibility index (Phi) is 5.09. The van der Waals surface area contributed by atoms with Gasteiger partial charge in [0.15, 0.2) is 0 Å². The molecule has 1 saturated heterocycles. The molecule has 0 bridgehead atoms. The molecule has 0 aromatic heterocycles. The highest BCUT2D eigenvalue weighted by Gasteiger charge is 2.24. The minimum absolute atomic E-state index is 0.196. The average molecular weight is 212 g/mol. The fourth-order valence-corrected chi connectivity index (χ4v) is 2.22. The zero-order chi connectivity index (χ0) is 11.3. The second-order valence-electron chi connectivity index (χ2n) is 4.56. The van der Waals surface area contributed by atoms with E-state index < -0.39 is 0 Å². The van der Waals surface area contributed by atoms with E-state index in [1.54, 1.807) is 0 Å². The Morgan fingerprint density at radius 2 is 2.13 bits per heavy atom. The summed E-state index contributed by atoms with van der Waals surface area (Å²) in [6.45, 7) is 8.42. The third kappa shape index (κ3) is 3.49. The van der Waals surface area contributed by atoms with Crippen LogP contribution in [0.25, 0.3) is 0 Å². The third-order valence-corrected chi connectivity index (χ3v) is 3.53. The van der Waals surface area contributed by atoms with E-state index in [2.05, 4.69) is 31.4 Å². The summed E-state index contributed by atoms with van der Waals surface area (Å²) < 4.78 is 0. The molecule has 2 N–H and O–H groups in total. The Morgan fingerprint density at radius 3 is 2.60 bits per heavy atom. The van der Waals surface area contributed by atoms with Gasteiger partial charge in [0.2, 0.25) is 5.91 Å². The lowest BCUT2D eigenvalue weighted by Crippen LogP contribution is -2.41. The number of amides is 1. The van der Waals surface area contributed by atoms with Gasteiger partial charge in [0.1, 0.15) is 0 Å². The lowest BCUT2D eigenvalue weighted by molar-refractivity contribution is -0.126. The van der Waals surface area contributed by atoms with Gasteiger partial charge in [-0.25, -0.2) is 0 Å². The number of hydrogen-bond acceptors (Lipinski definition) is 2. The van der Waals surface area contributed by atoms with Crippen LogP contribution in [0.5, 0.6) is 0 Å². The minimum Gasteiger partial charge on any atom is -0.353 e. The van der Waals surface area contributed by atoms with Crippen LogP contribution in [0.15, 0.2) is 0 Å². The summed E-state index contributed by atoms with van der Waals surface area (Å²) in [5.74, 6) is 1.05. The van der Waals surface area contributed by atoms with Crippen LogP contribution in [-0.4, -0.2) is 25.0 Å². The van der Waals surface area contributed by atoms with Gasteiger partial charge in [0.05, 0.1) is 0 Å². The predicted octanol–water partition coefficient (Wildman–Crippen LogP) is 1.54. The largest absolute Gasteiger partial charge is 0.353 e. The molecule has 0 aromatic carbocycles. The van der Waals surface area contributed by atoms with Crippen LogP contribution < -0.4 is 10.6 Å². The van der Waals surface area contributed by atoms with Crippen molar-refractivity contribution in [3.8, 4) is 0 Å². The molecule has 0 saturated carbocycles. The number of rotatable bonds is 5. The fraction of sp³-hybridized carbons (Fsp3) is 0.917. The lowest BCUT2D eigenvalue weighted by atomic mass is 9.98. The molecular formula is C12H24N2O. The van der Waals surface area contributed by atoms with Crippen LogP contribution in [0.4, 0.5) is 0 Å². The van der Waals surface area contributed by atoms with Gasteiger partial charge in [-0.05, 0) is 45.2 Å². The van der Waals surface area contributed by atoms with Crippen LogP contribution in [0, 0.1) is 11.8 Å². The van der Waals surface area contributed by atoms with Gasteiger partial charge >= 0.3 is 0 Å². The van der Waals surface area contributed by atoms with Crippen molar-refractivity contribution in [1.29, 1.82) is 0 Å². The second-order valence-corrected chi connectivity index (χ2v) is 4.56. The maximum atomic E-state index is 11.8. The SMILES string of the molecule is CCC(CC)C(=O)NC(C)C1CCNC1. The van der Waals surface area contributed by atoms with E-state index >= 15 is 0 Å². The molecular weight excluding hydrogens is 188 g/mol. The Bertz CT molecular complexity index is 196. The summed E-state index contributed by atoms with van der Waals surface area (Å²) in [6, 6.07) is 0.313. The van der Waals surface area contributed by atoms with E-state index in [1.807, 2.05) is 0 Å². The molecule has 2 atom stereocenters. The summed E-state index contributed by atoms with van der Waals surface area (Å²) in [4.78, 5) is 11.8. The fourth-order valence-electron chi connectivity index (χ4n) is 2.22. The molecule has 15 heavy (non-hydrogen) atoms. The summed E-state index contributed by atoms with van der Waals surface area (Å²) in [7, 11) is 0. The van der Waals surface area contributed by atoms with E-state index in [4.69, 9.17) is 0 Å². The molecule has 0 radical (unpaired) electrons. The molecule has 3 heteroatoms. The Labute approximate surface area is 93.0 Å². The molecule has 1 fully saturated rings. The zero-order valence-electron chi connectivity index (χ0n) is 10.2. The van der Waals surface area contributed by atoms with Crippen molar-refractivity contribution in [3.63, 3.8) is 0 Å². The van der Waals surface area contributed by atoms with Gasteiger partial charge in [0, 0.05) is 12.0 Å². The summed E-state index contributed by atoms with van der Waals surface area (Å²) in [5.41, 5.74) is 0. The van der Waals surface area contributed by atoms with Gasteiger partial charge in [-0.2, -0.15) is 0 Å². The molecule has 1 aliphatic rings. The van der Waals surface area contributed by atoms with Crippen molar-refractivity contribution < 1.29 is 4.79 Å². The number of carbonyl (C=O) groups excluding carboxylic acids is 1. The van der Waals surface area contributed by atoms with Crippen molar-refractivity contribution in [2.75, 3.05) is 13.1 Å². The quantitative estimate of drug-likeness (QED) is 0.726. The molecule has 1 aliphatic heterocycles. The monoisotopic (exact) mass is 212 g/mol. The van der Waals surface area contributed by atoms with Crippen molar-refractivity contribution in [3.05, 3.63) is 0 Å². The topological polar surface area (TPSA) is 41.1 Å². The number of carbonyl (C=O) groups is 1. The molecule has 0 spiro atoms. The van der Waals surface area contributed by atoms with Crippen molar-refractivity contribution in [1.82, 2.24) is 10.6 Å². The van der Waals surface area contributed by atoms with Crippen molar-refractivity contribution in [2.45, 2.75) is 46.1 Å². The van der Waals surface area contributed by atoms with Crippen LogP contribution in [-0.2, 0) is 4.79 Å². The van der Waals surface area contributed by atoms with Crippen LogP contribution >= 0.6 is 0 Å². The highest BCUT2D eigenvalue weighted by Crippen LogP contribution is 2.14. The summed E-state index contributed by atoms with van der Waals surface area (Å²) >= 11 is 0. The first-order valence-electron chi connectivity index (χ1n) is 6.20. The Morgan fingerprint density at radius 1 is 1.47 bits per heavy atom. The highest BCUT2D eigenvalue weighted by atomic mass is 16.1. The van der Waals surface area contributed by atoms with Gasteiger partial charge < -0.3 is 10.6 Å². The van der Waals surface area contributed by atoms with E-state index in [1.165, 1.54) is 6.42 Å². The third-order valence-electron chi connectivity index (χ3n) is 3.53. The molecule has 3 nitrogen and oxygen atoms in total. The Hall–Kier alpha value is -0.570. The highest BCUT2D eigenvalue weighted by molar-refractivity contribution is 5.78. The summed E-state index contributed by atoms with van der Waals surface area (Å²) in [6.07, 6.45) is 3.07. The minimum atomic E-state index is 0.196. The smallest absolute Gasteiger partial charge is 0.223 e. The van der Waals surface area contributed by atoms with Crippen molar-refractivity contribution >= 4 is 5.91 Å². The molecule has 2 unspecified atom stereocenters. The number of nitrogens with one attached hydrogen (secondary N) is 2.